The lowest BCUT2D eigenvalue weighted by Gasteiger charge is -2.20. The van der Waals surface area contributed by atoms with E-state index in [4.69, 9.17) is 9.47 Å². The minimum atomic E-state index is -0.633. The fourth-order valence-electron chi connectivity index (χ4n) is 2.47. The van der Waals surface area contributed by atoms with Gasteiger partial charge in [0.2, 0.25) is 0 Å². The summed E-state index contributed by atoms with van der Waals surface area (Å²) in [5.74, 6) is -0.357. The van der Waals surface area contributed by atoms with Crippen LogP contribution in [0.25, 0.3) is 5.57 Å². The van der Waals surface area contributed by atoms with E-state index in [0.717, 1.165) is 11.1 Å². The van der Waals surface area contributed by atoms with Gasteiger partial charge in [-0.25, -0.2) is 4.79 Å². The summed E-state index contributed by atoms with van der Waals surface area (Å²) in [5, 5.41) is 2.62. The Bertz CT molecular complexity index is 792. The molecule has 0 saturated heterocycles. The van der Waals surface area contributed by atoms with Crippen LogP contribution in [0.1, 0.15) is 46.6 Å². The average molecular weight is 383 g/mol. The number of nitrogens with one attached hydrogen (secondary N) is 1. The molecule has 0 bridgehead atoms. The first-order valence-corrected chi connectivity index (χ1v) is 9.18. The number of allylic oxidation sites excluding steroid dienone is 3. The number of hydrogen-bond donors (Lipinski definition) is 1. The van der Waals surface area contributed by atoms with Crippen LogP contribution in [0.2, 0.25) is 0 Å². The molecule has 0 fully saturated rings. The van der Waals surface area contributed by atoms with Gasteiger partial charge in [0.1, 0.15) is 5.60 Å². The molecule has 1 N–H and O–H groups in total. The summed E-state index contributed by atoms with van der Waals surface area (Å²) in [5.41, 5.74) is 4.84. The van der Waals surface area contributed by atoms with Crippen molar-refractivity contribution in [3.63, 3.8) is 0 Å². The summed E-state index contributed by atoms with van der Waals surface area (Å²) in [6, 6.07) is 9.67. The summed E-state index contributed by atoms with van der Waals surface area (Å²) in [6.45, 7) is 12.9. The zero-order valence-electron chi connectivity index (χ0n) is 17.3. The maximum atomic E-state index is 12.1. The van der Waals surface area contributed by atoms with Crippen molar-refractivity contribution in [2.24, 2.45) is 0 Å². The zero-order valence-corrected chi connectivity index (χ0v) is 17.3. The quantitative estimate of drug-likeness (QED) is 0.401. The summed E-state index contributed by atoms with van der Waals surface area (Å²) in [7, 11) is 0. The van der Waals surface area contributed by atoms with Gasteiger partial charge in [0.05, 0.1) is 18.7 Å². The third kappa shape index (κ3) is 8.11. The Labute approximate surface area is 167 Å². The van der Waals surface area contributed by atoms with Gasteiger partial charge in [0.15, 0.2) is 0 Å². The molecule has 1 rings (SSSR count). The molecule has 28 heavy (non-hydrogen) atoms. The second kappa shape index (κ2) is 11.0. The second-order valence-electron chi connectivity index (χ2n) is 6.94. The van der Waals surface area contributed by atoms with Crippen LogP contribution in [-0.4, -0.2) is 24.3 Å². The molecule has 0 aliphatic rings. The Morgan fingerprint density at radius 1 is 1.21 bits per heavy atom. The standard InChI is InChI=1S/C23H29NO4/c1-7-19(24-22(26)28-23(4,5)6)15-18(16-21(25)27-9-3)20(8-2)17-13-11-10-12-14-17/h8,10-15H,1,9,16H2,2-6H3,(H,24,26)/b18-15-,20-8-. The van der Waals surface area contributed by atoms with Crippen molar-refractivity contribution in [1.29, 1.82) is 0 Å². The van der Waals surface area contributed by atoms with E-state index in [1.807, 2.05) is 43.3 Å². The van der Waals surface area contributed by atoms with Crippen LogP contribution < -0.4 is 5.32 Å². The summed E-state index contributed by atoms with van der Waals surface area (Å²) >= 11 is 0. The molecule has 0 saturated carbocycles. The number of carbonyl (C=O) groups is 2. The Morgan fingerprint density at radius 2 is 1.86 bits per heavy atom. The number of alkyl carbamates (subject to hydrolysis) is 1. The molecule has 1 amide bonds. The molecule has 150 valence electrons. The van der Waals surface area contributed by atoms with E-state index in [9.17, 15) is 9.59 Å². The van der Waals surface area contributed by atoms with Crippen molar-refractivity contribution in [2.75, 3.05) is 6.61 Å². The topological polar surface area (TPSA) is 64.6 Å². The number of amides is 1. The predicted molar refractivity (Wildman–Crippen MR) is 111 cm³/mol. The fourth-order valence-corrected chi connectivity index (χ4v) is 2.47. The van der Waals surface area contributed by atoms with Gasteiger partial charge < -0.3 is 9.47 Å². The lowest BCUT2D eigenvalue weighted by atomic mass is 9.94. The Kier molecular flexibility index (Phi) is 9.00. The van der Waals surface area contributed by atoms with E-state index in [0.29, 0.717) is 17.9 Å². The largest absolute Gasteiger partial charge is 0.466 e. The highest BCUT2D eigenvalue weighted by atomic mass is 16.6. The maximum Gasteiger partial charge on any atom is 0.412 e. The number of benzene rings is 1. The van der Waals surface area contributed by atoms with Crippen molar-refractivity contribution >= 4 is 17.6 Å². The molecule has 0 radical (unpaired) electrons. The van der Waals surface area contributed by atoms with E-state index in [1.165, 1.54) is 0 Å². The Hall–Kier alpha value is -3.04. The molecule has 1 aromatic carbocycles. The highest BCUT2D eigenvalue weighted by molar-refractivity contribution is 5.86. The lowest BCUT2D eigenvalue weighted by Crippen LogP contribution is -2.31. The first-order valence-electron chi connectivity index (χ1n) is 9.18. The van der Waals surface area contributed by atoms with Crippen LogP contribution in [-0.2, 0) is 14.3 Å². The summed E-state index contributed by atoms with van der Waals surface area (Å²) < 4.78 is 10.4. The van der Waals surface area contributed by atoms with Gasteiger partial charge in [-0.05, 0) is 57.4 Å². The van der Waals surface area contributed by atoms with Crippen LogP contribution >= 0.6 is 0 Å². The lowest BCUT2D eigenvalue weighted by molar-refractivity contribution is -0.142. The minimum Gasteiger partial charge on any atom is -0.466 e. The normalized spacial score (nSPS) is 12.0. The number of esters is 1. The van der Waals surface area contributed by atoms with Crippen LogP contribution in [0.3, 0.4) is 0 Å². The van der Waals surface area contributed by atoms with Gasteiger partial charge >= 0.3 is 12.1 Å². The molecule has 1 aromatic rings. The van der Waals surface area contributed by atoms with Gasteiger partial charge in [0, 0.05) is 0 Å². The molecule has 0 aliphatic carbocycles. The third-order valence-corrected chi connectivity index (χ3v) is 3.50. The molecule has 0 aliphatic heterocycles. The number of rotatable bonds is 7. The van der Waals surface area contributed by atoms with Crippen molar-refractivity contribution < 1.29 is 19.1 Å². The highest BCUT2D eigenvalue weighted by Gasteiger charge is 2.18. The SMILES string of the molecule is C=C=C(/C=C(CC(=O)OCC)\C(=C/C)c1ccccc1)NC(=O)OC(C)(C)C. The fraction of sp³-hybridized carbons (Fsp3) is 0.348. The summed E-state index contributed by atoms with van der Waals surface area (Å²) in [6.07, 6.45) is 3.00. The van der Waals surface area contributed by atoms with E-state index in [1.54, 1.807) is 33.8 Å². The van der Waals surface area contributed by atoms with Crippen LogP contribution in [0.15, 0.2) is 66.1 Å². The van der Waals surface area contributed by atoms with Crippen LogP contribution in [0.4, 0.5) is 4.79 Å². The van der Waals surface area contributed by atoms with Gasteiger partial charge in [-0.15, -0.1) is 5.73 Å². The van der Waals surface area contributed by atoms with E-state index >= 15 is 0 Å². The number of hydrogen-bond acceptors (Lipinski definition) is 4. The Balaban J connectivity index is 3.23. The monoisotopic (exact) mass is 383 g/mol. The van der Waals surface area contributed by atoms with E-state index in [2.05, 4.69) is 17.6 Å². The molecular weight excluding hydrogens is 354 g/mol. The minimum absolute atomic E-state index is 0.0452. The smallest absolute Gasteiger partial charge is 0.412 e. The van der Waals surface area contributed by atoms with E-state index in [-0.39, 0.29) is 12.4 Å². The first-order chi connectivity index (χ1) is 13.2. The van der Waals surface area contributed by atoms with Crippen molar-refractivity contribution in [2.45, 2.75) is 46.6 Å². The van der Waals surface area contributed by atoms with Crippen molar-refractivity contribution in [1.82, 2.24) is 5.32 Å². The molecule has 0 atom stereocenters. The van der Waals surface area contributed by atoms with Gasteiger partial charge in [0.25, 0.3) is 0 Å². The first kappa shape index (κ1) is 23.0. The van der Waals surface area contributed by atoms with Gasteiger partial charge in [-0.3, -0.25) is 10.1 Å². The number of ether oxygens (including phenoxy) is 2. The molecule has 5 heteroatoms. The third-order valence-electron chi connectivity index (χ3n) is 3.50. The molecule has 5 nitrogen and oxygen atoms in total. The molecule has 0 aromatic heterocycles. The highest BCUT2D eigenvalue weighted by Crippen LogP contribution is 2.27. The second-order valence-corrected chi connectivity index (χ2v) is 6.94. The molecule has 0 unspecified atom stereocenters. The van der Waals surface area contributed by atoms with Crippen molar-refractivity contribution in [3.8, 4) is 0 Å². The summed E-state index contributed by atoms with van der Waals surface area (Å²) in [4.78, 5) is 24.2. The Morgan fingerprint density at radius 3 is 2.36 bits per heavy atom. The molecule has 0 spiro atoms. The van der Waals surface area contributed by atoms with Gasteiger partial charge in [-0.1, -0.05) is 43.0 Å². The van der Waals surface area contributed by atoms with Crippen LogP contribution in [0, 0.1) is 0 Å². The van der Waals surface area contributed by atoms with Crippen molar-refractivity contribution in [3.05, 3.63) is 71.6 Å². The van der Waals surface area contributed by atoms with Crippen LogP contribution in [0.5, 0.6) is 0 Å². The predicted octanol–water partition coefficient (Wildman–Crippen LogP) is 5.16. The average Bonchev–Trinajstić information content (AvgIpc) is 2.61. The van der Waals surface area contributed by atoms with Gasteiger partial charge in [-0.2, -0.15) is 0 Å². The van der Waals surface area contributed by atoms with E-state index < -0.39 is 11.7 Å². The zero-order chi connectivity index (χ0) is 21.2. The molecular formula is C23H29NO4. The number of carbonyl (C=O) groups excluding carboxylic acids is 2. The molecule has 0 heterocycles. The maximum absolute atomic E-state index is 12.1.